The van der Waals surface area contributed by atoms with Crippen molar-refractivity contribution in [2.45, 2.75) is 38.6 Å². The molecule has 1 aromatic rings. The molecule has 2 rings (SSSR count). The van der Waals surface area contributed by atoms with Gasteiger partial charge in [-0.15, -0.1) is 0 Å². The van der Waals surface area contributed by atoms with Gasteiger partial charge in [-0.2, -0.15) is 0 Å². The third-order valence-electron chi connectivity index (χ3n) is 3.66. The third kappa shape index (κ3) is 1.68. The van der Waals surface area contributed by atoms with Crippen molar-refractivity contribution in [2.24, 2.45) is 0 Å². The van der Waals surface area contributed by atoms with Gasteiger partial charge >= 0.3 is 5.97 Å². The van der Waals surface area contributed by atoms with Gasteiger partial charge in [-0.25, -0.2) is 4.79 Å². The van der Waals surface area contributed by atoms with Crippen molar-refractivity contribution >= 4 is 11.9 Å². The van der Waals surface area contributed by atoms with Gasteiger partial charge in [0.05, 0.1) is 6.20 Å². The van der Waals surface area contributed by atoms with Gasteiger partial charge < -0.3 is 14.5 Å². The molecule has 1 saturated heterocycles. The maximum Gasteiger partial charge on any atom is 0.329 e. The Morgan fingerprint density at radius 2 is 2.33 bits per heavy atom. The molecule has 1 fully saturated rings. The maximum absolute atomic E-state index is 12.3. The molecular weight excluding hydrogens is 236 g/mol. The molecule has 2 heterocycles. The zero-order valence-electron chi connectivity index (χ0n) is 10.5. The maximum atomic E-state index is 12.3. The monoisotopic (exact) mass is 252 g/mol. The number of aromatic nitrogens is 1. The van der Waals surface area contributed by atoms with E-state index in [1.807, 2.05) is 0 Å². The van der Waals surface area contributed by atoms with Crippen molar-refractivity contribution in [3.63, 3.8) is 0 Å². The van der Waals surface area contributed by atoms with E-state index in [1.54, 1.807) is 13.8 Å². The van der Waals surface area contributed by atoms with Crippen LogP contribution in [0.3, 0.4) is 0 Å². The molecule has 1 aliphatic heterocycles. The van der Waals surface area contributed by atoms with E-state index in [1.165, 1.54) is 11.1 Å². The first-order valence-electron chi connectivity index (χ1n) is 5.99. The summed E-state index contributed by atoms with van der Waals surface area (Å²) in [4.78, 5) is 25.2. The highest BCUT2D eigenvalue weighted by Crippen LogP contribution is 2.34. The van der Waals surface area contributed by atoms with Crippen molar-refractivity contribution in [1.29, 1.82) is 0 Å². The van der Waals surface area contributed by atoms with Crippen LogP contribution >= 0.6 is 0 Å². The molecule has 1 aliphatic rings. The lowest BCUT2D eigenvalue weighted by atomic mass is 9.92. The SMILES string of the molecule is CCC1(C(=O)O)CCCN1C(=O)c1oncc1C. The van der Waals surface area contributed by atoms with Crippen LogP contribution in [0.5, 0.6) is 0 Å². The van der Waals surface area contributed by atoms with Gasteiger partial charge in [0.2, 0.25) is 5.76 Å². The van der Waals surface area contributed by atoms with Crippen LogP contribution in [-0.2, 0) is 4.79 Å². The average molecular weight is 252 g/mol. The van der Waals surface area contributed by atoms with Crippen LogP contribution < -0.4 is 0 Å². The van der Waals surface area contributed by atoms with Gasteiger partial charge in [-0.05, 0) is 26.2 Å². The van der Waals surface area contributed by atoms with Crippen LogP contribution in [0.1, 0.15) is 42.3 Å². The number of nitrogens with zero attached hydrogens (tertiary/aromatic N) is 2. The standard InChI is InChI=1S/C12H16N2O4/c1-3-12(11(16)17)5-4-6-14(12)10(15)9-8(2)7-13-18-9/h7H,3-6H2,1-2H3,(H,16,17). The van der Waals surface area contributed by atoms with E-state index in [9.17, 15) is 14.7 Å². The quantitative estimate of drug-likeness (QED) is 0.880. The predicted molar refractivity (Wildman–Crippen MR) is 62.2 cm³/mol. The second-order valence-electron chi connectivity index (χ2n) is 4.59. The first kappa shape index (κ1) is 12.6. The summed E-state index contributed by atoms with van der Waals surface area (Å²) < 4.78 is 4.92. The number of amides is 1. The molecule has 0 radical (unpaired) electrons. The lowest BCUT2D eigenvalue weighted by Gasteiger charge is -2.33. The summed E-state index contributed by atoms with van der Waals surface area (Å²) in [6.45, 7) is 3.94. The van der Waals surface area contributed by atoms with Crippen LogP contribution in [0.2, 0.25) is 0 Å². The Morgan fingerprint density at radius 3 is 2.83 bits per heavy atom. The first-order chi connectivity index (χ1) is 8.53. The van der Waals surface area contributed by atoms with Crippen molar-refractivity contribution in [3.8, 4) is 0 Å². The molecule has 6 heteroatoms. The molecule has 1 atom stereocenters. The minimum absolute atomic E-state index is 0.135. The molecule has 6 nitrogen and oxygen atoms in total. The van der Waals surface area contributed by atoms with E-state index in [0.717, 1.165) is 0 Å². The number of carbonyl (C=O) groups excluding carboxylic acids is 1. The van der Waals surface area contributed by atoms with Crippen molar-refractivity contribution in [2.75, 3.05) is 6.54 Å². The normalized spacial score (nSPS) is 23.3. The van der Waals surface area contributed by atoms with Crippen LogP contribution in [0, 0.1) is 6.92 Å². The van der Waals surface area contributed by atoms with Crippen LogP contribution in [0.4, 0.5) is 0 Å². The fourth-order valence-electron chi connectivity index (χ4n) is 2.53. The van der Waals surface area contributed by atoms with Crippen molar-refractivity contribution in [3.05, 3.63) is 17.5 Å². The highest BCUT2D eigenvalue weighted by Gasteiger charge is 2.49. The van der Waals surface area contributed by atoms with E-state index in [4.69, 9.17) is 4.52 Å². The first-order valence-corrected chi connectivity index (χ1v) is 5.99. The molecule has 1 amide bonds. The van der Waals surface area contributed by atoms with Crippen LogP contribution in [0.15, 0.2) is 10.7 Å². The summed E-state index contributed by atoms with van der Waals surface area (Å²) in [6.07, 6.45) is 3.02. The number of carboxylic acids is 1. The van der Waals surface area contributed by atoms with Crippen LogP contribution in [0.25, 0.3) is 0 Å². The number of rotatable bonds is 3. The summed E-state index contributed by atoms with van der Waals surface area (Å²) in [5.74, 6) is -1.20. The zero-order chi connectivity index (χ0) is 13.3. The van der Waals surface area contributed by atoms with Gasteiger partial charge in [0.25, 0.3) is 5.91 Å². The molecule has 18 heavy (non-hydrogen) atoms. The molecule has 98 valence electrons. The van der Waals surface area contributed by atoms with E-state index in [-0.39, 0.29) is 11.7 Å². The largest absolute Gasteiger partial charge is 0.479 e. The lowest BCUT2D eigenvalue weighted by Crippen LogP contribution is -2.52. The number of likely N-dealkylation sites (tertiary alicyclic amines) is 1. The van der Waals surface area contributed by atoms with Gasteiger partial charge in [0.15, 0.2) is 0 Å². The summed E-state index contributed by atoms with van der Waals surface area (Å²) in [6, 6.07) is 0. The number of hydrogen-bond acceptors (Lipinski definition) is 4. The number of aliphatic carboxylic acids is 1. The van der Waals surface area contributed by atoms with Crippen molar-refractivity contribution in [1.82, 2.24) is 10.1 Å². The topological polar surface area (TPSA) is 83.6 Å². The molecular formula is C12H16N2O4. The van der Waals surface area contributed by atoms with Gasteiger partial charge in [0.1, 0.15) is 5.54 Å². The molecule has 0 bridgehead atoms. The number of aryl methyl sites for hydroxylation is 1. The van der Waals surface area contributed by atoms with E-state index in [0.29, 0.717) is 31.4 Å². The minimum Gasteiger partial charge on any atom is -0.479 e. The van der Waals surface area contributed by atoms with Crippen molar-refractivity contribution < 1.29 is 19.2 Å². The Bertz CT molecular complexity index is 482. The average Bonchev–Trinajstić information content (AvgIpc) is 2.94. The fourth-order valence-corrected chi connectivity index (χ4v) is 2.53. The number of carboxylic acid groups (broad SMARTS) is 1. The molecule has 1 N–H and O–H groups in total. The number of carbonyl (C=O) groups is 2. The second kappa shape index (κ2) is 4.44. The summed E-state index contributed by atoms with van der Waals surface area (Å²) >= 11 is 0. The smallest absolute Gasteiger partial charge is 0.329 e. The highest BCUT2D eigenvalue weighted by molar-refractivity contribution is 5.97. The predicted octanol–water partition coefficient (Wildman–Crippen LogP) is 1.45. The highest BCUT2D eigenvalue weighted by atomic mass is 16.5. The Hall–Kier alpha value is -1.85. The Labute approximate surface area is 105 Å². The molecule has 1 unspecified atom stereocenters. The van der Waals surface area contributed by atoms with Gasteiger partial charge in [-0.3, -0.25) is 4.79 Å². The van der Waals surface area contributed by atoms with Gasteiger partial charge in [0, 0.05) is 12.1 Å². The van der Waals surface area contributed by atoms with E-state index < -0.39 is 11.5 Å². The van der Waals surface area contributed by atoms with E-state index >= 15 is 0 Å². The summed E-state index contributed by atoms with van der Waals surface area (Å²) in [7, 11) is 0. The zero-order valence-corrected chi connectivity index (χ0v) is 10.5. The lowest BCUT2D eigenvalue weighted by molar-refractivity contribution is -0.148. The molecule has 0 aromatic carbocycles. The van der Waals surface area contributed by atoms with Crippen LogP contribution in [-0.4, -0.2) is 39.1 Å². The Balaban J connectivity index is 2.35. The Kier molecular flexibility index (Phi) is 3.11. The van der Waals surface area contributed by atoms with E-state index in [2.05, 4.69) is 5.16 Å². The molecule has 0 aliphatic carbocycles. The molecule has 0 saturated carbocycles. The minimum atomic E-state index is -1.10. The Morgan fingerprint density at radius 1 is 1.61 bits per heavy atom. The third-order valence-corrected chi connectivity index (χ3v) is 3.66. The molecule has 1 aromatic heterocycles. The summed E-state index contributed by atoms with van der Waals surface area (Å²) in [5, 5.41) is 13.0. The number of hydrogen-bond donors (Lipinski definition) is 1. The second-order valence-corrected chi connectivity index (χ2v) is 4.59. The van der Waals surface area contributed by atoms with Gasteiger partial charge in [-0.1, -0.05) is 12.1 Å². The fraction of sp³-hybridized carbons (Fsp3) is 0.583. The molecule has 0 spiro atoms. The summed E-state index contributed by atoms with van der Waals surface area (Å²) in [5.41, 5.74) is -0.474.